The molecule has 1 aromatic heterocycles. The summed E-state index contributed by atoms with van der Waals surface area (Å²) in [5, 5.41) is 15.0. The number of nitrogens with zero attached hydrogens (tertiary/aromatic N) is 1. The number of anilines is 1. The van der Waals surface area contributed by atoms with Gasteiger partial charge < -0.3 is 19.9 Å². The molecule has 1 aromatic carbocycles. The number of aliphatic hydroxyl groups excluding tert-OH is 1. The van der Waals surface area contributed by atoms with Crippen LogP contribution in [0.2, 0.25) is 0 Å². The maximum atomic E-state index is 8.80. The fourth-order valence-corrected chi connectivity index (χ4v) is 2.13. The highest BCUT2D eigenvalue weighted by molar-refractivity contribution is 7.09. The van der Waals surface area contributed by atoms with Gasteiger partial charge in [0.2, 0.25) is 0 Å². The number of hydrogen-bond donors (Lipinski definition) is 2. The van der Waals surface area contributed by atoms with Gasteiger partial charge in [-0.3, -0.25) is 0 Å². The lowest BCUT2D eigenvalue weighted by Gasteiger charge is -2.12. The lowest BCUT2D eigenvalue weighted by atomic mass is 10.2. The number of aromatic nitrogens is 1. The van der Waals surface area contributed by atoms with Gasteiger partial charge in [0.05, 0.1) is 20.3 Å². The van der Waals surface area contributed by atoms with Crippen molar-refractivity contribution in [3.63, 3.8) is 0 Å². The third-order valence-corrected chi connectivity index (χ3v) is 3.22. The first-order chi connectivity index (χ1) is 9.33. The van der Waals surface area contributed by atoms with Gasteiger partial charge in [0, 0.05) is 23.3 Å². The van der Waals surface area contributed by atoms with Crippen LogP contribution in [0.1, 0.15) is 5.01 Å². The number of rotatable bonds is 7. The SMILES string of the molecule is COc1ccc(NCc2nccs2)cc1OCCO. The standard InChI is InChI=1S/C13H16N2O3S/c1-17-11-3-2-10(8-12(11)18-6-5-16)15-9-13-14-4-7-19-13/h2-4,7-8,15-16H,5-6,9H2,1H3. The molecule has 0 aliphatic rings. The van der Waals surface area contributed by atoms with E-state index in [1.807, 2.05) is 23.6 Å². The number of thiazole rings is 1. The van der Waals surface area contributed by atoms with Crippen LogP contribution in [0.5, 0.6) is 11.5 Å². The molecular weight excluding hydrogens is 264 g/mol. The van der Waals surface area contributed by atoms with Crippen molar-refractivity contribution in [2.75, 3.05) is 25.6 Å². The van der Waals surface area contributed by atoms with E-state index in [1.165, 1.54) is 0 Å². The van der Waals surface area contributed by atoms with Crippen molar-refractivity contribution in [2.24, 2.45) is 0 Å². The smallest absolute Gasteiger partial charge is 0.163 e. The summed E-state index contributed by atoms with van der Waals surface area (Å²) in [4.78, 5) is 4.20. The van der Waals surface area contributed by atoms with Crippen LogP contribution in [0.15, 0.2) is 29.8 Å². The maximum Gasteiger partial charge on any atom is 0.163 e. The molecule has 2 N–H and O–H groups in total. The number of nitrogens with one attached hydrogen (secondary N) is 1. The van der Waals surface area contributed by atoms with Crippen LogP contribution in [0.3, 0.4) is 0 Å². The van der Waals surface area contributed by atoms with Crippen molar-refractivity contribution in [3.8, 4) is 11.5 Å². The van der Waals surface area contributed by atoms with Crippen LogP contribution >= 0.6 is 11.3 Å². The van der Waals surface area contributed by atoms with E-state index in [2.05, 4.69) is 10.3 Å². The Balaban J connectivity index is 2.04. The van der Waals surface area contributed by atoms with Gasteiger partial charge in [0.15, 0.2) is 11.5 Å². The summed E-state index contributed by atoms with van der Waals surface area (Å²) in [6.07, 6.45) is 1.78. The van der Waals surface area contributed by atoms with Crippen molar-refractivity contribution in [1.29, 1.82) is 0 Å². The number of methoxy groups -OCH3 is 1. The highest BCUT2D eigenvalue weighted by Crippen LogP contribution is 2.30. The van der Waals surface area contributed by atoms with Crippen molar-refractivity contribution in [2.45, 2.75) is 6.54 Å². The minimum absolute atomic E-state index is 0.0279. The molecule has 6 heteroatoms. The van der Waals surface area contributed by atoms with Gasteiger partial charge in [-0.05, 0) is 12.1 Å². The second kappa shape index (κ2) is 6.96. The van der Waals surface area contributed by atoms with E-state index < -0.39 is 0 Å². The van der Waals surface area contributed by atoms with E-state index in [1.54, 1.807) is 24.6 Å². The van der Waals surface area contributed by atoms with E-state index in [0.717, 1.165) is 10.7 Å². The number of benzene rings is 1. The van der Waals surface area contributed by atoms with E-state index in [0.29, 0.717) is 18.0 Å². The Hall–Kier alpha value is -1.79. The Morgan fingerprint density at radius 2 is 2.26 bits per heavy atom. The Morgan fingerprint density at radius 1 is 1.37 bits per heavy atom. The van der Waals surface area contributed by atoms with Crippen LogP contribution in [-0.2, 0) is 6.54 Å². The summed E-state index contributed by atoms with van der Waals surface area (Å²) in [5.41, 5.74) is 0.920. The highest BCUT2D eigenvalue weighted by atomic mass is 32.1. The molecule has 0 spiro atoms. The first-order valence-electron chi connectivity index (χ1n) is 5.87. The average molecular weight is 280 g/mol. The lowest BCUT2D eigenvalue weighted by molar-refractivity contribution is 0.196. The molecule has 102 valence electrons. The Labute approximate surface area is 115 Å². The summed E-state index contributed by atoms with van der Waals surface area (Å²) in [5.74, 6) is 1.26. The number of aliphatic hydroxyl groups is 1. The fourth-order valence-electron chi connectivity index (χ4n) is 1.57. The van der Waals surface area contributed by atoms with E-state index >= 15 is 0 Å². The molecule has 0 radical (unpaired) electrons. The molecule has 0 bridgehead atoms. The zero-order valence-electron chi connectivity index (χ0n) is 10.6. The summed E-state index contributed by atoms with van der Waals surface area (Å²) >= 11 is 1.61. The molecule has 0 atom stereocenters. The van der Waals surface area contributed by atoms with Gasteiger partial charge in [-0.2, -0.15) is 0 Å². The summed E-state index contributed by atoms with van der Waals surface area (Å²) < 4.78 is 10.6. The molecule has 5 nitrogen and oxygen atoms in total. The molecule has 0 saturated carbocycles. The molecule has 2 rings (SSSR count). The zero-order valence-corrected chi connectivity index (χ0v) is 11.4. The second-order valence-electron chi connectivity index (χ2n) is 3.72. The molecule has 0 amide bonds. The predicted octanol–water partition coefficient (Wildman–Crippen LogP) is 2.13. The second-order valence-corrected chi connectivity index (χ2v) is 4.70. The molecule has 0 aliphatic carbocycles. The monoisotopic (exact) mass is 280 g/mol. The fraction of sp³-hybridized carbons (Fsp3) is 0.308. The normalized spacial score (nSPS) is 10.2. The van der Waals surface area contributed by atoms with Gasteiger partial charge in [-0.15, -0.1) is 11.3 Å². The first-order valence-corrected chi connectivity index (χ1v) is 6.75. The molecule has 1 heterocycles. The van der Waals surface area contributed by atoms with Crippen LogP contribution in [0.25, 0.3) is 0 Å². The topological polar surface area (TPSA) is 63.6 Å². The minimum atomic E-state index is -0.0279. The minimum Gasteiger partial charge on any atom is -0.493 e. The number of ether oxygens (including phenoxy) is 2. The molecule has 0 unspecified atom stereocenters. The molecule has 0 saturated heterocycles. The Morgan fingerprint density at radius 3 is 2.95 bits per heavy atom. The summed E-state index contributed by atoms with van der Waals surface area (Å²) in [6, 6.07) is 5.59. The lowest BCUT2D eigenvalue weighted by Crippen LogP contribution is -2.04. The quantitative estimate of drug-likeness (QED) is 0.813. The van der Waals surface area contributed by atoms with Gasteiger partial charge in [-0.25, -0.2) is 4.98 Å². The molecular formula is C13H16N2O3S. The van der Waals surface area contributed by atoms with E-state index in [4.69, 9.17) is 14.6 Å². The van der Waals surface area contributed by atoms with E-state index in [9.17, 15) is 0 Å². The zero-order chi connectivity index (χ0) is 13.5. The average Bonchev–Trinajstić information content (AvgIpc) is 2.96. The van der Waals surface area contributed by atoms with Crippen molar-refractivity contribution >= 4 is 17.0 Å². The number of hydrogen-bond acceptors (Lipinski definition) is 6. The molecule has 2 aromatic rings. The van der Waals surface area contributed by atoms with E-state index in [-0.39, 0.29) is 13.2 Å². The molecule has 19 heavy (non-hydrogen) atoms. The largest absolute Gasteiger partial charge is 0.493 e. The van der Waals surface area contributed by atoms with Crippen LogP contribution < -0.4 is 14.8 Å². The highest BCUT2D eigenvalue weighted by Gasteiger charge is 2.06. The van der Waals surface area contributed by atoms with Gasteiger partial charge >= 0.3 is 0 Å². The predicted molar refractivity (Wildman–Crippen MR) is 75.0 cm³/mol. The maximum absolute atomic E-state index is 8.80. The van der Waals surface area contributed by atoms with Crippen LogP contribution in [0, 0.1) is 0 Å². The summed E-state index contributed by atoms with van der Waals surface area (Å²) in [7, 11) is 1.59. The van der Waals surface area contributed by atoms with Crippen LogP contribution in [0.4, 0.5) is 5.69 Å². The van der Waals surface area contributed by atoms with Crippen molar-refractivity contribution < 1.29 is 14.6 Å². The molecule has 0 fully saturated rings. The van der Waals surface area contributed by atoms with Gasteiger partial charge in [0.25, 0.3) is 0 Å². The van der Waals surface area contributed by atoms with Crippen LogP contribution in [-0.4, -0.2) is 30.4 Å². The van der Waals surface area contributed by atoms with Crippen molar-refractivity contribution in [3.05, 3.63) is 34.8 Å². The van der Waals surface area contributed by atoms with Gasteiger partial charge in [-0.1, -0.05) is 0 Å². The third kappa shape index (κ3) is 3.84. The molecule has 0 aliphatic heterocycles. The summed E-state index contributed by atoms with van der Waals surface area (Å²) in [6.45, 7) is 0.885. The van der Waals surface area contributed by atoms with Gasteiger partial charge in [0.1, 0.15) is 11.6 Å². The third-order valence-electron chi connectivity index (χ3n) is 2.44. The Kier molecular flexibility index (Phi) is 5.00. The Bertz CT molecular complexity index is 503. The van der Waals surface area contributed by atoms with Crippen molar-refractivity contribution in [1.82, 2.24) is 4.98 Å². The first kappa shape index (κ1) is 13.6.